The first-order valence-corrected chi connectivity index (χ1v) is 9.19. The van der Waals surface area contributed by atoms with Gasteiger partial charge in [0.2, 0.25) is 0 Å². The molecule has 0 bridgehead atoms. The number of hydrogen-bond donors (Lipinski definition) is 3. The molecule has 3 N–H and O–H groups in total. The molecule has 3 aromatic rings. The van der Waals surface area contributed by atoms with E-state index in [0.717, 1.165) is 17.9 Å². The minimum atomic E-state index is -0.324. The standard InChI is InChI=1S/C22H24N4O2/c1-4-26-15(2)14-20(16(26)3)21(27)23-18-10-12-19(13-11-18)25-22(28)24-17-8-6-5-7-9-17/h5-14H,4H2,1-3H3,(H,23,27)(H2,24,25,28). The van der Waals surface area contributed by atoms with Gasteiger partial charge in [-0.2, -0.15) is 0 Å². The second-order valence-corrected chi connectivity index (χ2v) is 6.51. The molecular weight excluding hydrogens is 352 g/mol. The van der Waals surface area contributed by atoms with Crippen molar-refractivity contribution in [3.8, 4) is 0 Å². The van der Waals surface area contributed by atoms with E-state index in [-0.39, 0.29) is 11.9 Å². The van der Waals surface area contributed by atoms with Crippen LogP contribution < -0.4 is 16.0 Å². The molecule has 0 spiro atoms. The van der Waals surface area contributed by atoms with Crippen molar-refractivity contribution in [1.82, 2.24) is 4.57 Å². The van der Waals surface area contributed by atoms with Crippen molar-refractivity contribution in [2.75, 3.05) is 16.0 Å². The predicted molar refractivity (Wildman–Crippen MR) is 113 cm³/mol. The molecule has 0 saturated heterocycles. The molecule has 3 amide bonds. The largest absolute Gasteiger partial charge is 0.349 e. The van der Waals surface area contributed by atoms with Crippen LogP contribution in [0.25, 0.3) is 0 Å². The molecule has 3 rings (SSSR count). The highest BCUT2D eigenvalue weighted by molar-refractivity contribution is 6.05. The van der Waals surface area contributed by atoms with E-state index in [0.29, 0.717) is 22.6 Å². The summed E-state index contributed by atoms with van der Waals surface area (Å²) in [4.78, 5) is 24.6. The van der Waals surface area contributed by atoms with Crippen LogP contribution in [0.5, 0.6) is 0 Å². The average Bonchev–Trinajstić information content (AvgIpc) is 2.97. The van der Waals surface area contributed by atoms with Gasteiger partial charge in [-0.1, -0.05) is 18.2 Å². The van der Waals surface area contributed by atoms with Gasteiger partial charge in [-0.3, -0.25) is 4.79 Å². The summed E-state index contributed by atoms with van der Waals surface area (Å²) in [5.41, 5.74) is 4.70. The Morgan fingerprint density at radius 3 is 1.89 bits per heavy atom. The van der Waals surface area contributed by atoms with E-state index in [2.05, 4.69) is 27.4 Å². The van der Waals surface area contributed by atoms with Crippen molar-refractivity contribution in [2.24, 2.45) is 0 Å². The highest BCUT2D eigenvalue weighted by Crippen LogP contribution is 2.19. The van der Waals surface area contributed by atoms with Gasteiger partial charge in [-0.15, -0.1) is 0 Å². The number of benzene rings is 2. The summed E-state index contributed by atoms with van der Waals surface area (Å²) in [6.07, 6.45) is 0. The summed E-state index contributed by atoms with van der Waals surface area (Å²) in [7, 11) is 0. The average molecular weight is 376 g/mol. The number of para-hydroxylation sites is 1. The van der Waals surface area contributed by atoms with Crippen LogP contribution in [0.1, 0.15) is 28.7 Å². The molecular formula is C22H24N4O2. The first-order chi connectivity index (χ1) is 13.5. The van der Waals surface area contributed by atoms with Gasteiger partial charge in [0.25, 0.3) is 5.91 Å². The van der Waals surface area contributed by atoms with Crippen LogP contribution in [0, 0.1) is 13.8 Å². The lowest BCUT2D eigenvalue weighted by Gasteiger charge is -2.09. The maximum absolute atomic E-state index is 12.6. The number of anilines is 3. The van der Waals surface area contributed by atoms with E-state index in [1.54, 1.807) is 24.3 Å². The third kappa shape index (κ3) is 4.40. The third-order valence-corrected chi connectivity index (χ3v) is 4.57. The Kier molecular flexibility index (Phi) is 5.79. The zero-order valence-electron chi connectivity index (χ0n) is 16.2. The molecule has 0 fully saturated rings. The molecule has 0 unspecified atom stereocenters. The van der Waals surface area contributed by atoms with Crippen LogP contribution in [0.4, 0.5) is 21.9 Å². The highest BCUT2D eigenvalue weighted by Gasteiger charge is 2.15. The molecule has 0 atom stereocenters. The molecule has 0 aliphatic heterocycles. The fourth-order valence-electron chi connectivity index (χ4n) is 3.17. The molecule has 1 heterocycles. The lowest BCUT2D eigenvalue weighted by molar-refractivity contribution is 0.102. The highest BCUT2D eigenvalue weighted by atomic mass is 16.2. The number of rotatable bonds is 5. The van der Waals surface area contributed by atoms with Crippen LogP contribution in [0.3, 0.4) is 0 Å². The van der Waals surface area contributed by atoms with Crippen molar-refractivity contribution >= 4 is 29.0 Å². The number of amides is 3. The van der Waals surface area contributed by atoms with E-state index in [4.69, 9.17) is 0 Å². The molecule has 2 aromatic carbocycles. The normalized spacial score (nSPS) is 10.4. The fourth-order valence-corrected chi connectivity index (χ4v) is 3.17. The van der Waals surface area contributed by atoms with Gasteiger partial charge in [0.1, 0.15) is 0 Å². The maximum Gasteiger partial charge on any atom is 0.323 e. The van der Waals surface area contributed by atoms with Crippen LogP contribution >= 0.6 is 0 Å². The molecule has 28 heavy (non-hydrogen) atoms. The van der Waals surface area contributed by atoms with Gasteiger partial charge in [0.05, 0.1) is 5.56 Å². The van der Waals surface area contributed by atoms with Gasteiger partial charge in [-0.05, 0) is 63.2 Å². The van der Waals surface area contributed by atoms with Gasteiger partial charge in [0.15, 0.2) is 0 Å². The molecule has 144 valence electrons. The predicted octanol–water partition coefficient (Wildman–Crippen LogP) is 5.02. The number of aromatic nitrogens is 1. The molecule has 0 saturated carbocycles. The number of nitrogens with zero attached hydrogens (tertiary/aromatic N) is 1. The Labute approximate surface area is 164 Å². The van der Waals surface area contributed by atoms with E-state index in [1.807, 2.05) is 50.2 Å². The second-order valence-electron chi connectivity index (χ2n) is 6.51. The monoisotopic (exact) mass is 376 g/mol. The Morgan fingerprint density at radius 1 is 0.821 bits per heavy atom. The SMILES string of the molecule is CCn1c(C)cc(C(=O)Nc2ccc(NC(=O)Nc3ccccc3)cc2)c1C. The summed E-state index contributed by atoms with van der Waals surface area (Å²) in [6.45, 7) is 6.83. The van der Waals surface area contributed by atoms with Crippen LogP contribution in [0.15, 0.2) is 60.7 Å². The van der Waals surface area contributed by atoms with E-state index >= 15 is 0 Å². The molecule has 0 radical (unpaired) electrons. The number of hydrogen-bond acceptors (Lipinski definition) is 2. The lowest BCUT2D eigenvalue weighted by Crippen LogP contribution is -2.19. The quantitative estimate of drug-likeness (QED) is 0.585. The number of aryl methyl sites for hydroxylation is 1. The second kappa shape index (κ2) is 8.43. The summed E-state index contributed by atoms with van der Waals surface area (Å²) >= 11 is 0. The minimum absolute atomic E-state index is 0.143. The summed E-state index contributed by atoms with van der Waals surface area (Å²) in [5.74, 6) is -0.143. The first kappa shape index (κ1) is 19.2. The minimum Gasteiger partial charge on any atom is -0.349 e. The first-order valence-electron chi connectivity index (χ1n) is 9.19. The van der Waals surface area contributed by atoms with Crippen molar-refractivity contribution < 1.29 is 9.59 Å². The fraction of sp³-hybridized carbons (Fsp3) is 0.182. The third-order valence-electron chi connectivity index (χ3n) is 4.57. The summed E-state index contributed by atoms with van der Waals surface area (Å²) < 4.78 is 2.10. The molecule has 0 aliphatic carbocycles. The van der Waals surface area contributed by atoms with Crippen LogP contribution in [-0.2, 0) is 6.54 Å². The zero-order chi connectivity index (χ0) is 20.1. The van der Waals surface area contributed by atoms with Crippen molar-refractivity contribution in [1.29, 1.82) is 0 Å². The number of carbonyl (C=O) groups is 2. The van der Waals surface area contributed by atoms with Crippen molar-refractivity contribution in [2.45, 2.75) is 27.3 Å². The van der Waals surface area contributed by atoms with E-state index < -0.39 is 0 Å². The Balaban J connectivity index is 1.61. The smallest absolute Gasteiger partial charge is 0.323 e. The van der Waals surface area contributed by atoms with Gasteiger partial charge >= 0.3 is 6.03 Å². The van der Waals surface area contributed by atoms with Crippen molar-refractivity contribution in [3.63, 3.8) is 0 Å². The Morgan fingerprint density at radius 2 is 1.36 bits per heavy atom. The molecule has 1 aromatic heterocycles. The number of nitrogens with one attached hydrogen (secondary N) is 3. The van der Waals surface area contributed by atoms with Crippen LogP contribution in [0.2, 0.25) is 0 Å². The van der Waals surface area contributed by atoms with Gasteiger partial charge in [0, 0.05) is 35.0 Å². The summed E-state index contributed by atoms with van der Waals surface area (Å²) in [6, 6.07) is 17.8. The Bertz CT molecular complexity index is 976. The van der Waals surface area contributed by atoms with Crippen LogP contribution in [-0.4, -0.2) is 16.5 Å². The van der Waals surface area contributed by atoms with E-state index in [9.17, 15) is 9.59 Å². The molecule has 6 nitrogen and oxygen atoms in total. The number of carbonyl (C=O) groups excluding carboxylic acids is 2. The molecule has 6 heteroatoms. The zero-order valence-corrected chi connectivity index (χ0v) is 16.2. The topological polar surface area (TPSA) is 75.2 Å². The number of urea groups is 1. The molecule has 0 aliphatic rings. The summed E-state index contributed by atoms with van der Waals surface area (Å²) in [5, 5.41) is 8.42. The van der Waals surface area contributed by atoms with Crippen molar-refractivity contribution in [3.05, 3.63) is 77.6 Å². The maximum atomic E-state index is 12.6. The van der Waals surface area contributed by atoms with Gasteiger partial charge < -0.3 is 20.5 Å². The Hall–Kier alpha value is -3.54. The van der Waals surface area contributed by atoms with Gasteiger partial charge in [-0.25, -0.2) is 4.79 Å². The van der Waals surface area contributed by atoms with E-state index in [1.165, 1.54) is 0 Å². The lowest BCUT2D eigenvalue weighted by atomic mass is 10.2.